The van der Waals surface area contributed by atoms with Crippen molar-refractivity contribution in [2.75, 3.05) is 0 Å². The second-order valence-electron chi connectivity index (χ2n) is 4.32. The molecule has 2 aliphatic rings. The zero-order chi connectivity index (χ0) is 13.4. The van der Waals surface area contributed by atoms with Gasteiger partial charge in [0.15, 0.2) is 6.10 Å². The molecule has 1 aliphatic heterocycles. The Balaban J connectivity index is 2.41. The summed E-state index contributed by atoms with van der Waals surface area (Å²) in [6.45, 7) is 0. The Morgan fingerprint density at radius 1 is 1.32 bits per heavy atom. The third-order valence-electron chi connectivity index (χ3n) is 3.16. The third-order valence-corrected chi connectivity index (χ3v) is 3.16. The number of hydrogen-bond donors (Lipinski definition) is 1. The number of halogens is 1. The number of rotatable bonds is 1. The van der Waals surface area contributed by atoms with Crippen LogP contribution in [0.15, 0.2) is 42.5 Å². The van der Waals surface area contributed by atoms with Crippen molar-refractivity contribution < 1.29 is 14.2 Å². The summed E-state index contributed by atoms with van der Waals surface area (Å²) in [6, 6.07) is 5.99. The molecule has 0 saturated carbocycles. The minimum Gasteiger partial charge on any atom is -0.481 e. The van der Waals surface area contributed by atoms with Crippen molar-refractivity contribution in [1.82, 2.24) is 0 Å². The van der Waals surface area contributed by atoms with Gasteiger partial charge in [0, 0.05) is 10.8 Å². The molecule has 0 saturated heterocycles. The number of ether oxygens (including phenoxy) is 1. The first-order valence-corrected chi connectivity index (χ1v) is 5.84. The molecule has 3 rings (SSSR count). The fourth-order valence-corrected chi connectivity index (χ4v) is 2.31. The maximum atomic E-state index is 13.4. The lowest BCUT2D eigenvalue weighted by atomic mass is 9.97. The summed E-state index contributed by atoms with van der Waals surface area (Å²) >= 11 is 0. The predicted molar refractivity (Wildman–Crippen MR) is 67.2 cm³/mol. The highest BCUT2D eigenvalue weighted by atomic mass is 19.1. The number of hydrogen-bond acceptors (Lipinski definition) is 3. The van der Waals surface area contributed by atoms with Crippen LogP contribution in [0.3, 0.4) is 0 Å². The summed E-state index contributed by atoms with van der Waals surface area (Å²) in [4.78, 5) is 0. The van der Waals surface area contributed by atoms with E-state index in [1.807, 2.05) is 24.3 Å². The number of aliphatic hydroxyl groups is 1. The van der Waals surface area contributed by atoms with Crippen molar-refractivity contribution in [3.05, 3.63) is 58.8 Å². The summed E-state index contributed by atoms with van der Waals surface area (Å²) in [6.07, 6.45) is 5.66. The largest absolute Gasteiger partial charge is 0.481 e. The van der Waals surface area contributed by atoms with Crippen LogP contribution >= 0.6 is 0 Å². The maximum Gasteiger partial charge on any atom is 0.198 e. The number of nitrogens with zero attached hydrogens (tertiary/aromatic N) is 1. The Kier molecular flexibility index (Phi) is 2.69. The van der Waals surface area contributed by atoms with Crippen LogP contribution in [0.25, 0.3) is 11.3 Å². The zero-order valence-corrected chi connectivity index (χ0v) is 9.88. The van der Waals surface area contributed by atoms with Gasteiger partial charge in [0.05, 0.1) is 0 Å². The monoisotopic (exact) mass is 255 g/mol. The summed E-state index contributed by atoms with van der Waals surface area (Å²) in [7, 11) is 0. The predicted octanol–water partition coefficient (Wildman–Crippen LogP) is 0.494. The number of allylic oxidation sites excluding steroid dienone is 2. The molecule has 3 nitrogen and oxygen atoms in total. The van der Waals surface area contributed by atoms with Gasteiger partial charge in [-0.3, -0.25) is 0 Å². The van der Waals surface area contributed by atoms with Crippen molar-refractivity contribution in [3.63, 3.8) is 0 Å². The first-order valence-electron chi connectivity index (χ1n) is 5.84. The molecule has 0 spiro atoms. The highest BCUT2D eigenvalue weighted by Crippen LogP contribution is 2.21. The second kappa shape index (κ2) is 4.38. The second-order valence-corrected chi connectivity index (χ2v) is 4.32. The number of aliphatic hydroxyl groups excluding tert-OH is 1. The van der Waals surface area contributed by atoms with E-state index in [-0.39, 0.29) is 11.9 Å². The van der Waals surface area contributed by atoms with E-state index in [1.165, 1.54) is 12.1 Å². The molecule has 0 radical (unpaired) electrons. The Morgan fingerprint density at radius 3 is 2.95 bits per heavy atom. The molecule has 1 aliphatic carbocycles. The fraction of sp³-hybridized carbons (Fsp3) is 0.133. The summed E-state index contributed by atoms with van der Waals surface area (Å²) in [5.41, 5.74) is 0.895. The van der Waals surface area contributed by atoms with Crippen LogP contribution in [0.5, 0.6) is 0 Å². The van der Waals surface area contributed by atoms with E-state index >= 15 is 0 Å². The Bertz CT molecular complexity index is 755. The molecule has 19 heavy (non-hydrogen) atoms. The summed E-state index contributed by atoms with van der Waals surface area (Å²) in [5, 5.41) is 19.8. The normalized spacial score (nSPS) is 21.2. The van der Waals surface area contributed by atoms with Crippen LogP contribution in [-0.2, 0) is 4.74 Å². The van der Waals surface area contributed by atoms with Gasteiger partial charge in [-0.25, -0.2) is 4.39 Å². The van der Waals surface area contributed by atoms with Crippen molar-refractivity contribution >= 4 is 11.3 Å². The number of fused-ring (bicyclic) bond motifs is 2. The van der Waals surface area contributed by atoms with E-state index < -0.39 is 11.9 Å². The standard InChI is InChI=1S/C15H10FNO2/c16-9-5-6-10-11-3-1-2-4-14(11)19-15(12(10)7-9)13(18)8-17/h1-7,13-14,18H. The molecule has 94 valence electrons. The molecule has 2 unspecified atom stereocenters. The van der Waals surface area contributed by atoms with Crippen LogP contribution in [0, 0.1) is 17.1 Å². The van der Waals surface area contributed by atoms with Crippen molar-refractivity contribution in [3.8, 4) is 6.07 Å². The topological polar surface area (TPSA) is 53.2 Å². The smallest absolute Gasteiger partial charge is 0.198 e. The lowest BCUT2D eigenvalue weighted by molar-refractivity contribution is 0.176. The minimum absolute atomic E-state index is 0.103. The van der Waals surface area contributed by atoms with E-state index in [2.05, 4.69) is 0 Å². The lowest BCUT2D eigenvalue weighted by Gasteiger charge is -2.25. The SMILES string of the molecule is N#CC(O)C1=c2cc(F)ccc2=C2C=CC=CC2O1. The van der Waals surface area contributed by atoms with Crippen molar-refractivity contribution in [2.45, 2.75) is 12.2 Å². The molecular weight excluding hydrogens is 245 g/mol. The molecule has 0 bridgehead atoms. The lowest BCUT2D eigenvalue weighted by Crippen LogP contribution is -2.41. The number of benzene rings is 1. The molecule has 0 amide bonds. The van der Waals surface area contributed by atoms with Crippen LogP contribution in [0.4, 0.5) is 4.39 Å². The first kappa shape index (κ1) is 11.7. The van der Waals surface area contributed by atoms with E-state index in [1.54, 1.807) is 12.1 Å². The summed E-state index contributed by atoms with van der Waals surface area (Å²) < 4.78 is 19.0. The number of nitriles is 1. The van der Waals surface area contributed by atoms with Gasteiger partial charge in [-0.05, 0) is 23.4 Å². The quantitative estimate of drug-likeness (QED) is 0.743. The van der Waals surface area contributed by atoms with Crippen LogP contribution in [-0.4, -0.2) is 17.3 Å². The molecule has 1 aromatic carbocycles. The van der Waals surface area contributed by atoms with Crippen LogP contribution in [0.1, 0.15) is 0 Å². The molecule has 0 aromatic heterocycles. The van der Waals surface area contributed by atoms with E-state index in [0.29, 0.717) is 5.22 Å². The average molecular weight is 255 g/mol. The Labute approximate surface area is 108 Å². The van der Waals surface area contributed by atoms with Crippen molar-refractivity contribution in [2.24, 2.45) is 0 Å². The van der Waals surface area contributed by atoms with Crippen LogP contribution < -0.4 is 10.4 Å². The third kappa shape index (κ3) is 1.85. The molecule has 1 heterocycles. The van der Waals surface area contributed by atoms with Gasteiger partial charge >= 0.3 is 0 Å². The van der Waals surface area contributed by atoms with Crippen LogP contribution in [0.2, 0.25) is 0 Å². The Morgan fingerprint density at radius 2 is 2.16 bits per heavy atom. The molecule has 1 N–H and O–H groups in total. The maximum absolute atomic E-state index is 13.4. The van der Waals surface area contributed by atoms with Gasteiger partial charge in [-0.1, -0.05) is 24.3 Å². The van der Waals surface area contributed by atoms with Gasteiger partial charge in [0.25, 0.3) is 0 Å². The van der Waals surface area contributed by atoms with E-state index in [9.17, 15) is 9.50 Å². The molecule has 4 heteroatoms. The van der Waals surface area contributed by atoms with Crippen molar-refractivity contribution in [1.29, 1.82) is 5.26 Å². The van der Waals surface area contributed by atoms with E-state index in [0.717, 1.165) is 10.8 Å². The molecule has 1 aromatic rings. The Hall–Kier alpha value is -2.38. The van der Waals surface area contributed by atoms with Gasteiger partial charge in [0.2, 0.25) is 0 Å². The molecule has 0 fully saturated rings. The van der Waals surface area contributed by atoms with Gasteiger partial charge in [-0.2, -0.15) is 5.26 Å². The zero-order valence-electron chi connectivity index (χ0n) is 9.88. The highest BCUT2D eigenvalue weighted by molar-refractivity contribution is 5.70. The van der Waals surface area contributed by atoms with Gasteiger partial charge in [-0.15, -0.1) is 0 Å². The molecule has 2 atom stereocenters. The van der Waals surface area contributed by atoms with E-state index in [4.69, 9.17) is 10.00 Å². The summed E-state index contributed by atoms with van der Waals surface area (Å²) in [5.74, 6) is -0.329. The minimum atomic E-state index is -1.40. The average Bonchev–Trinajstić information content (AvgIpc) is 2.45. The first-order chi connectivity index (χ1) is 9.20. The molecular formula is C15H10FNO2. The highest BCUT2D eigenvalue weighted by Gasteiger charge is 2.25. The van der Waals surface area contributed by atoms with Gasteiger partial charge < -0.3 is 9.84 Å². The van der Waals surface area contributed by atoms with Gasteiger partial charge in [0.1, 0.15) is 23.7 Å². The fourth-order valence-electron chi connectivity index (χ4n) is 2.31.